The zero-order valence-corrected chi connectivity index (χ0v) is 17.2. The van der Waals surface area contributed by atoms with Crippen LogP contribution in [-0.4, -0.2) is 43.8 Å². The molecule has 2 aromatic carbocycles. The van der Waals surface area contributed by atoms with E-state index in [1.165, 1.54) is 22.0 Å². The third-order valence-corrected chi connectivity index (χ3v) is 7.25. The second kappa shape index (κ2) is 7.94. The van der Waals surface area contributed by atoms with Crippen LogP contribution in [0.3, 0.4) is 0 Å². The Morgan fingerprint density at radius 3 is 2.40 bits per heavy atom. The maximum atomic E-state index is 12.8. The molecule has 2 aromatic rings. The lowest BCUT2D eigenvalue weighted by Crippen LogP contribution is -2.48. The number of hydrogen-bond acceptors (Lipinski definition) is 3. The Kier molecular flexibility index (Phi) is 6.08. The van der Waals surface area contributed by atoms with Crippen LogP contribution in [0.1, 0.15) is 5.56 Å². The van der Waals surface area contributed by atoms with E-state index in [0.717, 1.165) is 11.0 Å². The van der Waals surface area contributed by atoms with Crippen LogP contribution in [0.5, 0.6) is 0 Å². The largest absolute Gasteiger partial charge is 0.296 e. The Morgan fingerprint density at radius 2 is 1.72 bits per heavy atom. The van der Waals surface area contributed by atoms with Gasteiger partial charge in [0, 0.05) is 42.2 Å². The number of piperazine rings is 1. The van der Waals surface area contributed by atoms with Gasteiger partial charge in [0.25, 0.3) is 0 Å². The predicted octanol–water partition coefficient (Wildman–Crippen LogP) is 4.26. The molecule has 0 spiro atoms. The molecule has 0 bridgehead atoms. The molecule has 0 aromatic heterocycles. The first-order valence-corrected chi connectivity index (χ1v) is 10.8. The lowest BCUT2D eigenvalue weighted by Gasteiger charge is -2.34. The molecule has 3 rings (SSSR count). The third-order valence-electron chi connectivity index (χ3n) is 4.14. The number of hydrogen-bond donors (Lipinski definition) is 0. The Morgan fingerprint density at radius 1 is 1.00 bits per heavy atom. The van der Waals surface area contributed by atoms with Crippen LogP contribution in [0.4, 0.5) is 0 Å². The molecule has 0 N–H and O–H groups in total. The molecule has 1 aliphatic heterocycles. The van der Waals surface area contributed by atoms with E-state index in [1.807, 2.05) is 12.1 Å². The van der Waals surface area contributed by atoms with Crippen molar-refractivity contribution in [3.05, 3.63) is 62.5 Å². The van der Waals surface area contributed by atoms with E-state index >= 15 is 0 Å². The van der Waals surface area contributed by atoms with Gasteiger partial charge >= 0.3 is 0 Å². The summed E-state index contributed by atoms with van der Waals surface area (Å²) in [5, 5.41) is 0.553. The first-order valence-electron chi connectivity index (χ1n) is 7.78. The normalized spacial score (nSPS) is 16.9. The van der Waals surface area contributed by atoms with E-state index in [2.05, 4.69) is 33.0 Å². The zero-order valence-electron chi connectivity index (χ0n) is 13.3. The standard InChI is InChI=1S/C17H17BrCl2N2O2S/c18-14-3-1-2-13(10-14)12-21-6-8-22(9-7-21)25(23,24)17-11-15(19)4-5-16(17)20/h1-5,10-11H,6-9,12H2. The van der Waals surface area contributed by atoms with Crippen LogP contribution in [0, 0.1) is 0 Å². The molecule has 1 aliphatic rings. The average Bonchev–Trinajstić information content (AvgIpc) is 2.57. The summed E-state index contributed by atoms with van der Waals surface area (Å²) in [6.07, 6.45) is 0. The first kappa shape index (κ1) is 19.1. The van der Waals surface area contributed by atoms with Crippen LogP contribution in [0.2, 0.25) is 10.0 Å². The highest BCUT2D eigenvalue weighted by Crippen LogP contribution is 2.28. The summed E-state index contributed by atoms with van der Waals surface area (Å²) in [5.41, 5.74) is 1.20. The van der Waals surface area contributed by atoms with Gasteiger partial charge in [0.05, 0.1) is 5.02 Å². The zero-order chi connectivity index (χ0) is 18.0. The van der Waals surface area contributed by atoms with E-state index in [-0.39, 0.29) is 9.92 Å². The molecular weight excluding hydrogens is 447 g/mol. The molecular formula is C17H17BrCl2N2O2S. The van der Waals surface area contributed by atoms with E-state index in [4.69, 9.17) is 23.2 Å². The van der Waals surface area contributed by atoms with E-state index < -0.39 is 10.0 Å². The topological polar surface area (TPSA) is 40.6 Å². The van der Waals surface area contributed by atoms with Crippen molar-refractivity contribution in [2.75, 3.05) is 26.2 Å². The summed E-state index contributed by atoms with van der Waals surface area (Å²) >= 11 is 15.5. The molecule has 25 heavy (non-hydrogen) atoms. The summed E-state index contributed by atoms with van der Waals surface area (Å²) < 4.78 is 28.2. The van der Waals surface area contributed by atoms with Crippen molar-refractivity contribution in [2.45, 2.75) is 11.4 Å². The second-order valence-electron chi connectivity index (χ2n) is 5.88. The lowest BCUT2D eigenvalue weighted by molar-refractivity contribution is 0.181. The number of halogens is 3. The minimum Gasteiger partial charge on any atom is -0.296 e. The van der Waals surface area contributed by atoms with Crippen LogP contribution < -0.4 is 0 Å². The molecule has 0 amide bonds. The SMILES string of the molecule is O=S(=O)(c1cc(Cl)ccc1Cl)N1CCN(Cc2cccc(Br)c2)CC1. The molecule has 4 nitrogen and oxygen atoms in total. The molecule has 0 radical (unpaired) electrons. The van der Waals surface area contributed by atoms with Gasteiger partial charge in [-0.3, -0.25) is 4.90 Å². The van der Waals surface area contributed by atoms with Gasteiger partial charge in [-0.1, -0.05) is 51.3 Å². The fraction of sp³-hybridized carbons (Fsp3) is 0.294. The fourth-order valence-corrected chi connectivity index (χ4v) is 5.44. The van der Waals surface area contributed by atoms with Crippen LogP contribution in [0.25, 0.3) is 0 Å². The van der Waals surface area contributed by atoms with Gasteiger partial charge in [-0.25, -0.2) is 8.42 Å². The van der Waals surface area contributed by atoms with Crippen LogP contribution in [-0.2, 0) is 16.6 Å². The summed E-state index contributed by atoms with van der Waals surface area (Å²) in [4.78, 5) is 2.31. The number of nitrogens with zero attached hydrogens (tertiary/aromatic N) is 2. The molecule has 134 valence electrons. The minimum atomic E-state index is -3.64. The molecule has 0 atom stereocenters. The quantitative estimate of drug-likeness (QED) is 0.679. The summed E-state index contributed by atoms with van der Waals surface area (Å²) in [6, 6.07) is 12.6. The highest BCUT2D eigenvalue weighted by Gasteiger charge is 2.30. The Hall–Kier alpha value is -0.630. The van der Waals surface area contributed by atoms with Gasteiger partial charge < -0.3 is 0 Å². The monoisotopic (exact) mass is 462 g/mol. The number of benzene rings is 2. The van der Waals surface area contributed by atoms with Crippen molar-refractivity contribution in [2.24, 2.45) is 0 Å². The molecule has 1 heterocycles. The van der Waals surface area contributed by atoms with E-state index in [9.17, 15) is 8.42 Å². The Bertz CT molecular complexity index is 869. The lowest BCUT2D eigenvalue weighted by atomic mass is 10.2. The van der Waals surface area contributed by atoms with Crippen molar-refractivity contribution < 1.29 is 8.42 Å². The van der Waals surface area contributed by atoms with Gasteiger partial charge in [-0.15, -0.1) is 0 Å². The van der Waals surface area contributed by atoms with Gasteiger partial charge in [-0.05, 0) is 35.9 Å². The highest BCUT2D eigenvalue weighted by molar-refractivity contribution is 9.10. The van der Waals surface area contributed by atoms with Crippen LogP contribution in [0.15, 0.2) is 51.8 Å². The maximum absolute atomic E-state index is 12.8. The van der Waals surface area contributed by atoms with Gasteiger partial charge in [0.15, 0.2) is 0 Å². The smallest absolute Gasteiger partial charge is 0.244 e. The van der Waals surface area contributed by atoms with Crippen molar-refractivity contribution in [3.8, 4) is 0 Å². The molecule has 0 saturated carbocycles. The summed E-state index contributed by atoms with van der Waals surface area (Å²) in [6.45, 7) is 3.00. The highest BCUT2D eigenvalue weighted by atomic mass is 79.9. The van der Waals surface area contributed by atoms with Crippen molar-refractivity contribution in [1.29, 1.82) is 0 Å². The molecule has 0 unspecified atom stereocenters. The van der Waals surface area contributed by atoms with Crippen molar-refractivity contribution in [1.82, 2.24) is 9.21 Å². The van der Waals surface area contributed by atoms with E-state index in [1.54, 1.807) is 6.07 Å². The van der Waals surface area contributed by atoms with Gasteiger partial charge in [0.1, 0.15) is 4.90 Å². The Labute approximate surface area is 166 Å². The van der Waals surface area contributed by atoms with Gasteiger partial charge in [0.2, 0.25) is 10.0 Å². The third kappa shape index (κ3) is 4.56. The predicted molar refractivity (Wildman–Crippen MR) is 105 cm³/mol. The minimum absolute atomic E-state index is 0.0714. The van der Waals surface area contributed by atoms with Crippen molar-refractivity contribution >= 4 is 49.2 Å². The average molecular weight is 464 g/mol. The molecule has 1 saturated heterocycles. The maximum Gasteiger partial charge on any atom is 0.244 e. The molecule has 8 heteroatoms. The molecule has 1 fully saturated rings. The van der Waals surface area contributed by atoms with Crippen molar-refractivity contribution in [3.63, 3.8) is 0 Å². The summed E-state index contributed by atoms with van der Waals surface area (Å²) in [7, 11) is -3.64. The number of sulfonamides is 1. The van der Waals surface area contributed by atoms with E-state index in [0.29, 0.717) is 31.2 Å². The van der Waals surface area contributed by atoms with Crippen LogP contribution >= 0.6 is 39.1 Å². The fourth-order valence-electron chi connectivity index (χ4n) is 2.84. The Balaban J connectivity index is 1.68. The second-order valence-corrected chi connectivity index (χ2v) is 9.55. The summed E-state index contributed by atoms with van der Waals surface area (Å²) in [5.74, 6) is 0. The first-order chi connectivity index (χ1) is 11.9. The molecule has 0 aliphatic carbocycles. The number of rotatable bonds is 4. The van der Waals surface area contributed by atoms with Gasteiger partial charge in [-0.2, -0.15) is 4.31 Å².